The van der Waals surface area contributed by atoms with Crippen molar-refractivity contribution >= 4 is 11.9 Å². The Morgan fingerprint density at radius 3 is 2.53 bits per heavy atom. The lowest BCUT2D eigenvalue weighted by atomic mass is 9.77. The van der Waals surface area contributed by atoms with Crippen LogP contribution < -0.4 is 0 Å². The van der Waals surface area contributed by atoms with Crippen LogP contribution in [0.5, 0.6) is 0 Å². The van der Waals surface area contributed by atoms with E-state index in [4.69, 9.17) is 19.4 Å². The Kier molecular flexibility index (Phi) is 7.89. The molecule has 3 heterocycles. The van der Waals surface area contributed by atoms with E-state index < -0.39 is 12.1 Å². The van der Waals surface area contributed by atoms with Crippen molar-refractivity contribution < 1.29 is 37.3 Å². The Hall–Kier alpha value is -2.46. The van der Waals surface area contributed by atoms with Crippen molar-refractivity contribution in [3.63, 3.8) is 0 Å². The van der Waals surface area contributed by atoms with E-state index >= 15 is 0 Å². The minimum absolute atomic E-state index is 0.0486. The van der Waals surface area contributed by atoms with Gasteiger partial charge in [0.2, 0.25) is 5.91 Å². The first-order valence-corrected chi connectivity index (χ1v) is 10.5. The van der Waals surface area contributed by atoms with Gasteiger partial charge in [0.1, 0.15) is 0 Å². The standard InChI is InChI=1S/C20H26N2O3.C2HF3O2/c23-19(17-3-1-2-4-17)22-11-7-18-20(14-22,8-12-25-18)15-24-13-16-5-9-21-10-6-16;3-2(4,5)1(6)7/h1-2,5-6,9-10,17-18H,3-4,7-8,11-15H2;(H,6,7)/t18-,20+;/m1./s1. The number of allylic oxidation sites excluding steroid dienone is 2. The molecule has 4 rings (SSSR count). The first-order valence-electron chi connectivity index (χ1n) is 10.5. The number of pyridine rings is 1. The monoisotopic (exact) mass is 456 g/mol. The highest BCUT2D eigenvalue weighted by atomic mass is 19.4. The van der Waals surface area contributed by atoms with Crippen molar-refractivity contribution in [3.05, 3.63) is 42.2 Å². The van der Waals surface area contributed by atoms with Crippen LogP contribution in [-0.2, 0) is 25.7 Å². The Morgan fingerprint density at radius 2 is 1.91 bits per heavy atom. The second-order valence-electron chi connectivity index (χ2n) is 8.31. The van der Waals surface area contributed by atoms with Gasteiger partial charge < -0.3 is 19.5 Å². The number of alkyl halides is 3. The van der Waals surface area contributed by atoms with Crippen LogP contribution in [0.4, 0.5) is 13.2 Å². The highest BCUT2D eigenvalue weighted by Crippen LogP contribution is 2.42. The number of ether oxygens (including phenoxy) is 2. The molecule has 1 aliphatic carbocycles. The van der Waals surface area contributed by atoms with Crippen molar-refractivity contribution in [2.75, 3.05) is 26.3 Å². The van der Waals surface area contributed by atoms with E-state index in [1.165, 1.54) is 0 Å². The Morgan fingerprint density at radius 1 is 1.25 bits per heavy atom. The van der Waals surface area contributed by atoms with Gasteiger partial charge in [0.15, 0.2) is 0 Å². The number of halogens is 3. The first-order chi connectivity index (χ1) is 15.2. The molecule has 1 aromatic heterocycles. The number of hydrogen-bond donors (Lipinski definition) is 1. The second kappa shape index (κ2) is 10.4. The van der Waals surface area contributed by atoms with Gasteiger partial charge in [0.05, 0.1) is 19.3 Å². The van der Waals surface area contributed by atoms with E-state index in [1.807, 2.05) is 12.1 Å². The fourth-order valence-corrected chi connectivity index (χ4v) is 4.37. The maximum atomic E-state index is 12.8. The zero-order valence-corrected chi connectivity index (χ0v) is 17.6. The van der Waals surface area contributed by atoms with Crippen molar-refractivity contribution in [1.82, 2.24) is 9.88 Å². The summed E-state index contributed by atoms with van der Waals surface area (Å²) >= 11 is 0. The molecular formula is C22H27F3N2O5. The molecule has 0 spiro atoms. The zero-order valence-electron chi connectivity index (χ0n) is 17.6. The van der Waals surface area contributed by atoms with Crippen LogP contribution in [0.15, 0.2) is 36.7 Å². The highest BCUT2D eigenvalue weighted by molar-refractivity contribution is 5.80. The lowest BCUT2D eigenvalue weighted by Gasteiger charge is -2.44. The number of aromatic nitrogens is 1. The number of amides is 1. The van der Waals surface area contributed by atoms with Crippen LogP contribution in [0.25, 0.3) is 0 Å². The maximum Gasteiger partial charge on any atom is 0.490 e. The number of nitrogens with zero attached hydrogens (tertiary/aromatic N) is 2. The number of carbonyl (C=O) groups excluding carboxylic acids is 1. The van der Waals surface area contributed by atoms with Crippen molar-refractivity contribution in [3.8, 4) is 0 Å². The summed E-state index contributed by atoms with van der Waals surface area (Å²) in [5, 5.41) is 7.12. The van der Waals surface area contributed by atoms with Gasteiger partial charge in [-0.1, -0.05) is 12.2 Å². The topological polar surface area (TPSA) is 89.0 Å². The second-order valence-corrected chi connectivity index (χ2v) is 8.31. The molecule has 0 bridgehead atoms. The number of carbonyl (C=O) groups is 2. The van der Waals surface area contributed by atoms with Crippen molar-refractivity contribution in [2.24, 2.45) is 11.3 Å². The van der Waals surface area contributed by atoms with Gasteiger partial charge in [-0.15, -0.1) is 0 Å². The largest absolute Gasteiger partial charge is 0.490 e. The number of rotatable bonds is 5. The smallest absolute Gasteiger partial charge is 0.475 e. The van der Waals surface area contributed by atoms with Gasteiger partial charge in [-0.05, 0) is 43.4 Å². The van der Waals surface area contributed by atoms with E-state index in [-0.39, 0.29) is 17.4 Å². The number of carboxylic acids is 1. The van der Waals surface area contributed by atoms with Gasteiger partial charge in [-0.25, -0.2) is 4.79 Å². The first kappa shape index (κ1) is 24.2. The number of likely N-dealkylation sites (tertiary alicyclic amines) is 1. The van der Waals surface area contributed by atoms with Crippen LogP contribution in [0.1, 0.15) is 31.2 Å². The van der Waals surface area contributed by atoms with E-state index in [2.05, 4.69) is 22.0 Å². The van der Waals surface area contributed by atoms with E-state index in [9.17, 15) is 18.0 Å². The summed E-state index contributed by atoms with van der Waals surface area (Å²) in [5.41, 5.74) is 1.08. The summed E-state index contributed by atoms with van der Waals surface area (Å²) in [6.45, 7) is 3.58. The normalized spacial score (nSPS) is 25.2. The number of hydrogen-bond acceptors (Lipinski definition) is 5. The Bertz CT molecular complexity index is 810. The zero-order chi connectivity index (χ0) is 23.2. The molecule has 1 N–H and O–H groups in total. The number of fused-ring (bicyclic) bond motifs is 1. The third kappa shape index (κ3) is 6.07. The molecule has 0 radical (unpaired) electrons. The third-order valence-corrected chi connectivity index (χ3v) is 6.09. The van der Waals surface area contributed by atoms with E-state index in [1.54, 1.807) is 12.4 Å². The van der Waals surface area contributed by atoms with Crippen LogP contribution in [0, 0.1) is 11.3 Å². The molecule has 10 heteroatoms. The molecule has 2 aliphatic heterocycles. The summed E-state index contributed by atoms with van der Waals surface area (Å²) in [6.07, 6.45) is 6.64. The summed E-state index contributed by atoms with van der Waals surface area (Å²) in [4.78, 5) is 27.8. The SMILES string of the molecule is O=C(C1CC=CC1)N1CC[C@H]2OCC[C@@]2(COCc2ccncc2)C1.O=C(O)C(F)(F)F. The molecule has 7 nitrogen and oxygen atoms in total. The molecular weight excluding hydrogens is 429 g/mol. The molecule has 0 saturated carbocycles. The molecule has 2 atom stereocenters. The lowest BCUT2D eigenvalue weighted by Crippen LogP contribution is -2.54. The molecule has 2 fully saturated rings. The average molecular weight is 456 g/mol. The molecule has 176 valence electrons. The van der Waals surface area contributed by atoms with Gasteiger partial charge in [-0.2, -0.15) is 13.2 Å². The minimum Gasteiger partial charge on any atom is -0.475 e. The molecule has 0 unspecified atom stereocenters. The average Bonchev–Trinajstić information content (AvgIpc) is 3.43. The van der Waals surface area contributed by atoms with E-state index in [0.29, 0.717) is 19.1 Å². The Labute approximate surface area is 184 Å². The van der Waals surface area contributed by atoms with Crippen LogP contribution >= 0.6 is 0 Å². The highest BCUT2D eigenvalue weighted by Gasteiger charge is 2.49. The Balaban J connectivity index is 0.000000360. The molecule has 2 saturated heterocycles. The molecule has 3 aliphatic rings. The number of piperidine rings is 1. The third-order valence-electron chi connectivity index (χ3n) is 6.09. The van der Waals surface area contributed by atoms with Crippen LogP contribution in [-0.4, -0.2) is 65.5 Å². The molecule has 0 aromatic carbocycles. The van der Waals surface area contributed by atoms with Gasteiger partial charge >= 0.3 is 12.1 Å². The lowest BCUT2D eigenvalue weighted by molar-refractivity contribution is -0.192. The number of aliphatic carboxylic acids is 1. The molecule has 32 heavy (non-hydrogen) atoms. The summed E-state index contributed by atoms with van der Waals surface area (Å²) in [6, 6.07) is 3.95. The van der Waals surface area contributed by atoms with Gasteiger partial charge in [0, 0.05) is 43.4 Å². The fourth-order valence-electron chi connectivity index (χ4n) is 4.37. The van der Waals surface area contributed by atoms with Crippen LogP contribution in [0.3, 0.4) is 0 Å². The maximum absolute atomic E-state index is 12.8. The number of carboxylic acid groups (broad SMARTS) is 1. The quantitative estimate of drug-likeness (QED) is 0.685. The van der Waals surface area contributed by atoms with Crippen molar-refractivity contribution in [2.45, 2.75) is 44.6 Å². The summed E-state index contributed by atoms with van der Waals surface area (Å²) in [5.74, 6) is -2.30. The van der Waals surface area contributed by atoms with Crippen LogP contribution in [0.2, 0.25) is 0 Å². The van der Waals surface area contributed by atoms with E-state index in [0.717, 1.165) is 50.9 Å². The van der Waals surface area contributed by atoms with Gasteiger partial charge in [0.25, 0.3) is 0 Å². The predicted molar refractivity (Wildman–Crippen MR) is 107 cm³/mol. The minimum atomic E-state index is -5.08. The summed E-state index contributed by atoms with van der Waals surface area (Å²) in [7, 11) is 0. The van der Waals surface area contributed by atoms with Crippen molar-refractivity contribution in [1.29, 1.82) is 0 Å². The molecule has 1 aromatic rings. The summed E-state index contributed by atoms with van der Waals surface area (Å²) < 4.78 is 43.8. The van der Waals surface area contributed by atoms with Gasteiger partial charge in [-0.3, -0.25) is 9.78 Å². The fraction of sp³-hybridized carbons (Fsp3) is 0.591. The molecule has 1 amide bonds. The predicted octanol–water partition coefficient (Wildman–Crippen LogP) is 3.21.